The SMILES string of the molecule is CC(=O)NNCc1ccc(OCc2ccccc2)cc1. The number of carbonyl (C=O) groups is 1. The number of nitrogens with one attached hydrogen (secondary N) is 2. The molecule has 0 radical (unpaired) electrons. The third-order valence-corrected chi connectivity index (χ3v) is 2.73. The number of hydrazine groups is 1. The van der Waals surface area contributed by atoms with E-state index in [4.69, 9.17) is 4.74 Å². The van der Waals surface area contributed by atoms with Crippen LogP contribution in [0.15, 0.2) is 54.6 Å². The lowest BCUT2D eigenvalue weighted by Crippen LogP contribution is -2.34. The van der Waals surface area contributed by atoms with E-state index in [1.165, 1.54) is 6.92 Å². The second-order valence-electron chi connectivity index (χ2n) is 4.45. The molecule has 104 valence electrons. The number of benzene rings is 2. The monoisotopic (exact) mass is 270 g/mol. The van der Waals surface area contributed by atoms with E-state index in [2.05, 4.69) is 10.9 Å². The van der Waals surface area contributed by atoms with E-state index in [0.717, 1.165) is 16.9 Å². The van der Waals surface area contributed by atoms with Gasteiger partial charge >= 0.3 is 0 Å². The highest BCUT2D eigenvalue weighted by Gasteiger charge is 1.97. The highest BCUT2D eigenvalue weighted by Crippen LogP contribution is 2.14. The number of amides is 1. The molecule has 2 aromatic carbocycles. The van der Waals surface area contributed by atoms with Crippen LogP contribution in [0.2, 0.25) is 0 Å². The lowest BCUT2D eigenvalue weighted by molar-refractivity contribution is -0.119. The predicted molar refractivity (Wildman–Crippen MR) is 77.9 cm³/mol. The summed E-state index contributed by atoms with van der Waals surface area (Å²) in [5, 5.41) is 0. The van der Waals surface area contributed by atoms with Gasteiger partial charge in [0.2, 0.25) is 5.91 Å². The van der Waals surface area contributed by atoms with Crippen molar-refractivity contribution < 1.29 is 9.53 Å². The van der Waals surface area contributed by atoms with Crippen molar-refractivity contribution >= 4 is 5.91 Å². The minimum absolute atomic E-state index is 0.104. The third-order valence-electron chi connectivity index (χ3n) is 2.73. The molecular formula is C16H18N2O2. The molecule has 0 saturated carbocycles. The lowest BCUT2D eigenvalue weighted by Gasteiger charge is -2.08. The molecule has 0 fully saturated rings. The molecule has 20 heavy (non-hydrogen) atoms. The van der Waals surface area contributed by atoms with Crippen molar-refractivity contribution in [3.8, 4) is 5.75 Å². The molecule has 0 bridgehead atoms. The summed E-state index contributed by atoms with van der Waals surface area (Å²) in [4.78, 5) is 10.7. The van der Waals surface area contributed by atoms with Crippen molar-refractivity contribution in [2.24, 2.45) is 0 Å². The van der Waals surface area contributed by atoms with Gasteiger partial charge in [-0.15, -0.1) is 0 Å². The minimum atomic E-state index is -0.104. The Balaban J connectivity index is 1.81. The van der Waals surface area contributed by atoms with Crippen molar-refractivity contribution in [1.29, 1.82) is 0 Å². The second-order valence-corrected chi connectivity index (χ2v) is 4.45. The highest BCUT2D eigenvalue weighted by molar-refractivity contribution is 5.72. The molecule has 0 aliphatic heterocycles. The van der Waals surface area contributed by atoms with Gasteiger partial charge < -0.3 is 4.74 Å². The van der Waals surface area contributed by atoms with Gasteiger partial charge in [0, 0.05) is 13.5 Å². The van der Waals surface area contributed by atoms with Crippen LogP contribution in [0.5, 0.6) is 5.75 Å². The van der Waals surface area contributed by atoms with Gasteiger partial charge in [0.25, 0.3) is 0 Å². The maximum atomic E-state index is 10.7. The number of hydrogen-bond donors (Lipinski definition) is 2. The summed E-state index contributed by atoms with van der Waals surface area (Å²) in [6, 6.07) is 17.8. The number of rotatable bonds is 6. The van der Waals surface area contributed by atoms with Crippen molar-refractivity contribution in [1.82, 2.24) is 10.9 Å². The molecule has 0 aliphatic rings. The van der Waals surface area contributed by atoms with Gasteiger partial charge in [-0.2, -0.15) is 0 Å². The summed E-state index contributed by atoms with van der Waals surface area (Å²) in [5.41, 5.74) is 7.59. The van der Waals surface area contributed by atoms with Gasteiger partial charge in [0.05, 0.1) is 0 Å². The van der Waals surface area contributed by atoms with Crippen LogP contribution in [-0.4, -0.2) is 5.91 Å². The minimum Gasteiger partial charge on any atom is -0.489 e. The fourth-order valence-electron chi connectivity index (χ4n) is 1.72. The van der Waals surface area contributed by atoms with E-state index in [-0.39, 0.29) is 5.91 Å². The smallest absolute Gasteiger partial charge is 0.230 e. The molecule has 0 heterocycles. The van der Waals surface area contributed by atoms with Crippen LogP contribution in [0.4, 0.5) is 0 Å². The molecule has 0 aromatic heterocycles. The average Bonchev–Trinajstić information content (AvgIpc) is 2.47. The Kier molecular flexibility index (Phi) is 5.15. The standard InChI is InChI=1S/C16H18N2O2/c1-13(19)18-17-11-14-7-9-16(10-8-14)20-12-15-5-3-2-4-6-15/h2-10,17H,11-12H2,1H3,(H,18,19). The zero-order chi connectivity index (χ0) is 14.2. The molecule has 0 unspecified atom stereocenters. The van der Waals surface area contributed by atoms with Crippen LogP contribution in [0.3, 0.4) is 0 Å². The topological polar surface area (TPSA) is 50.4 Å². The van der Waals surface area contributed by atoms with Crippen molar-refractivity contribution in [3.63, 3.8) is 0 Å². The molecule has 2 rings (SSSR count). The van der Waals surface area contributed by atoms with E-state index in [9.17, 15) is 4.79 Å². The Morgan fingerprint density at radius 3 is 2.35 bits per heavy atom. The number of ether oxygens (including phenoxy) is 1. The van der Waals surface area contributed by atoms with Gasteiger partial charge in [-0.3, -0.25) is 10.2 Å². The Morgan fingerprint density at radius 2 is 1.70 bits per heavy atom. The number of carbonyl (C=O) groups excluding carboxylic acids is 1. The fourth-order valence-corrected chi connectivity index (χ4v) is 1.72. The summed E-state index contributed by atoms with van der Waals surface area (Å²) in [6.07, 6.45) is 0. The third kappa shape index (κ3) is 4.74. The Bertz CT molecular complexity index is 538. The van der Waals surface area contributed by atoms with Crippen LogP contribution in [0.1, 0.15) is 18.1 Å². The van der Waals surface area contributed by atoms with Gasteiger partial charge in [-0.25, -0.2) is 5.43 Å². The maximum absolute atomic E-state index is 10.7. The summed E-state index contributed by atoms with van der Waals surface area (Å²) in [7, 11) is 0. The quantitative estimate of drug-likeness (QED) is 0.793. The van der Waals surface area contributed by atoms with Gasteiger partial charge in [0.1, 0.15) is 12.4 Å². The van der Waals surface area contributed by atoms with Gasteiger partial charge in [0.15, 0.2) is 0 Å². The van der Waals surface area contributed by atoms with E-state index >= 15 is 0 Å². The predicted octanol–water partition coefficient (Wildman–Crippen LogP) is 2.41. The van der Waals surface area contributed by atoms with Crippen LogP contribution >= 0.6 is 0 Å². The van der Waals surface area contributed by atoms with Gasteiger partial charge in [-0.1, -0.05) is 42.5 Å². The summed E-state index contributed by atoms with van der Waals surface area (Å²) >= 11 is 0. The maximum Gasteiger partial charge on any atom is 0.230 e. The van der Waals surface area contributed by atoms with Crippen LogP contribution < -0.4 is 15.6 Å². The molecule has 0 saturated heterocycles. The average molecular weight is 270 g/mol. The first-order chi connectivity index (χ1) is 9.74. The van der Waals surface area contributed by atoms with Crippen molar-refractivity contribution in [2.75, 3.05) is 0 Å². The molecular weight excluding hydrogens is 252 g/mol. The molecule has 4 heteroatoms. The normalized spacial score (nSPS) is 10.1. The van der Waals surface area contributed by atoms with E-state index < -0.39 is 0 Å². The van der Waals surface area contributed by atoms with Crippen molar-refractivity contribution in [2.45, 2.75) is 20.1 Å². The first kappa shape index (κ1) is 14.1. The van der Waals surface area contributed by atoms with Crippen LogP contribution in [0, 0.1) is 0 Å². The summed E-state index contributed by atoms with van der Waals surface area (Å²) < 4.78 is 5.70. The molecule has 1 amide bonds. The van der Waals surface area contributed by atoms with Crippen molar-refractivity contribution in [3.05, 3.63) is 65.7 Å². The van der Waals surface area contributed by atoms with E-state index in [1.54, 1.807) is 0 Å². The van der Waals surface area contributed by atoms with Gasteiger partial charge in [-0.05, 0) is 23.3 Å². The second kappa shape index (κ2) is 7.31. The molecule has 0 atom stereocenters. The summed E-state index contributed by atoms with van der Waals surface area (Å²) in [5.74, 6) is 0.727. The molecule has 0 spiro atoms. The zero-order valence-electron chi connectivity index (χ0n) is 11.4. The molecule has 2 N–H and O–H groups in total. The Labute approximate surface area is 118 Å². The largest absolute Gasteiger partial charge is 0.489 e. The molecule has 4 nitrogen and oxygen atoms in total. The first-order valence-electron chi connectivity index (χ1n) is 6.49. The fraction of sp³-hybridized carbons (Fsp3) is 0.188. The molecule has 2 aromatic rings. The van der Waals surface area contributed by atoms with E-state index in [0.29, 0.717) is 13.2 Å². The van der Waals surface area contributed by atoms with Crippen LogP contribution in [0.25, 0.3) is 0 Å². The highest BCUT2D eigenvalue weighted by atomic mass is 16.5. The first-order valence-corrected chi connectivity index (χ1v) is 6.49. The Hall–Kier alpha value is -2.33. The van der Waals surface area contributed by atoms with Crippen LogP contribution in [-0.2, 0) is 17.9 Å². The summed E-state index contributed by atoms with van der Waals surface area (Å²) in [6.45, 7) is 2.61. The Morgan fingerprint density at radius 1 is 1.00 bits per heavy atom. The van der Waals surface area contributed by atoms with E-state index in [1.807, 2.05) is 54.6 Å². The molecule has 0 aliphatic carbocycles. The lowest BCUT2D eigenvalue weighted by atomic mass is 10.2. The number of hydrogen-bond acceptors (Lipinski definition) is 3. The zero-order valence-corrected chi connectivity index (χ0v) is 11.4.